The van der Waals surface area contributed by atoms with E-state index >= 15 is 0 Å². The minimum absolute atomic E-state index is 0.353. The number of carbonyl (C=O) groups is 1. The largest absolute Gasteiger partial charge is 0.458 e. The lowest BCUT2D eigenvalue weighted by atomic mass is 9.98. The van der Waals surface area contributed by atoms with Crippen LogP contribution in [0.4, 0.5) is 0 Å². The van der Waals surface area contributed by atoms with Gasteiger partial charge < -0.3 is 4.74 Å². The van der Waals surface area contributed by atoms with Crippen LogP contribution in [0.25, 0.3) is 0 Å². The predicted octanol–water partition coefficient (Wildman–Crippen LogP) is 2.24. The fourth-order valence-electron chi connectivity index (χ4n) is 1.23. The van der Waals surface area contributed by atoms with Gasteiger partial charge in [-0.2, -0.15) is 0 Å². The van der Waals surface area contributed by atoms with Crippen LogP contribution in [0.15, 0.2) is 36.5 Å². The normalized spacial score (nSPS) is 20.7. The quantitative estimate of drug-likeness (QED) is 0.489. The second-order valence-electron chi connectivity index (χ2n) is 3.17. The Morgan fingerprint density at radius 3 is 3.23 bits per heavy atom. The van der Waals surface area contributed by atoms with Crippen LogP contribution >= 0.6 is 0 Å². The van der Waals surface area contributed by atoms with E-state index in [4.69, 9.17) is 4.74 Å². The number of hydrogen-bond acceptors (Lipinski definition) is 2. The van der Waals surface area contributed by atoms with E-state index in [-0.39, 0.29) is 5.97 Å². The summed E-state index contributed by atoms with van der Waals surface area (Å²) in [6.45, 7) is 5.82. The predicted molar refractivity (Wildman–Crippen MR) is 52.2 cm³/mol. The molecule has 0 unspecified atom stereocenters. The summed E-state index contributed by atoms with van der Waals surface area (Å²) in [5.41, 5.74) is 1.06. The van der Waals surface area contributed by atoms with Gasteiger partial charge in [-0.25, -0.2) is 4.79 Å². The summed E-state index contributed by atoms with van der Waals surface area (Å²) in [6.07, 6.45) is 8.46. The highest BCUT2D eigenvalue weighted by molar-refractivity contribution is 5.81. The lowest BCUT2D eigenvalue weighted by Crippen LogP contribution is -2.06. The molecule has 1 rings (SSSR count). The monoisotopic (exact) mass is 178 g/mol. The molecule has 0 N–H and O–H groups in total. The molecule has 1 atom stereocenters. The molecular weight excluding hydrogens is 164 g/mol. The zero-order chi connectivity index (χ0) is 9.68. The molecule has 0 radical (unpaired) electrons. The fraction of sp³-hybridized carbons (Fsp3) is 0.364. The molecule has 0 saturated carbocycles. The molecule has 0 saturated heterocycles. The maximum Gasteiger partial charge on any atom is 0.330 e. The Bertz CT molecular complexity index is 261. The average Bonchev–Trinajstić information content (AvgIpc) is 2.14. The molecule has 0 amide bonds. The van der Waals surface area contributed by atoms with Gasteiger partial charge in [0.1, 0.15) is 6.61 Å². The first-order chi connectivity index (χ1) is 6.22. The standard InChI is InChI=1S/C11H14O2/c1-3-11(12)13-8-10-6-4-5-9(2)7-10/h3-4,6-7,9H,1,5,8H2,2H3/t9-/m0/s1. The third-order valence-corrected chi connectivity index (χ3v) is 1.89. The van der Waals surface area contributed by atoms with Gasteiger partial charge in [0.05, 0.1) is 0 Å². The Labute approximate surface area is 78.6 Å². The number of esters is 1. The molecule has 0 aromatic heterocycles. The third kappa shape index (κ3) is 3.28. The number of hydrogen-bond donors (Lipinski definition) is 0. The van der Waals surface area contributed by atoms with Crippen molar-refractivity contribution in [3.8, 4) is 0 Å². The molecular formula is C11H14O2. The first kappa shape index (κ1) is 9.78. The van der Waals surface area contributed by atoms with Crippen molar-refractivity contribution in [3.05, 3.63) is 36.5 Å². The molecule has 2 nitrogen and oxygen atoms in total. The van der Waals surface area contributed by atoms with E-state index in [0.717, 1.165) is 12.0 Å². The van der Waals surface area contributed by atoms with E-state index in [1.165, 1.54) is 6.08 Å². The maximum atomic E-state index is 10.7. The molecule has 0 heterocycles. The second-order valence-corrected chi connectivity index (χ2v) is 3.17. The second kappa shape index (κ2) is 4.65. The van der Waals surface area contributed by atoms with Gasteiger partial charge in [0.15, 0.2) is 0 Å². The molecule has 0 aliphatic heterocycles. The Morgan fingerprint density at radius 2 is 2.62 bits per heavy atom. The smallest absolute Gasteiger partial charge is 0.330 e. The summed E-state index contributed by atoms with van der Waals surface area (Å²) in [6, 6.07) is 0. The number of carbonyl (C=O) groups excluding carboxylic acids is 1. The first-order valence-corrected chi connectivity index (χ1v) is 4.39. The van der Waals surface area contributed by atoms with Crippen molar-refractivity contribution in [2.75, 3.05) is 6.61 Å². The molecule has 0 aromatic rings. The van der Waals surface area contributed by atoms with Crippen LogP contribution in [0.5, 0.6) is 0 Å². The lowest BCUT2D eigenvalue weighted by Gasteiger charge is -2.11. The average molecular weight is 178 g/mol. The first-order valence-electron chi connectivity index (χ1n) is 4.39. The SMILES string of the molecule is C=CC(=O)OCC1=C[C@@H](C)CC=C1. The van der Waals surface area contributed by atoms with Crippen molar-refractivity contribution in [2.45, 2.75) is 13.3 Å². The van der Waals surface area contributed by atoms with Crippen LogP contribution in [0.3, 0.4) is 0 Å². The molecule has 0 fully saturated rings. The molecule has 70 valence electrons. The van der Waals surface area contributed by atoms with Crippen LogP contribution in [0.2, 0.25) is 0 Å². The van der Waals surface area contributed by atoms with Crippen molar-refractivity contribution in [3.63, 3.8) is 0 Å². The fourth-order valence-corrected chi connectivity index (χ4v) is 1.23. The van der Waals surface area contributed by atoms with Crippen molar-refractivity contribution < 1.29 is 9.53 Å². The number of rotatable bonds is 3. The van der Waals surface area contributed by atoms with Crippen molar-refractivity contribution >= 4 is 5.97 Å². The molecule has 1 aliphatic carbocycles. The van der Waals surface area contributed by atoms with Crippen LogP contribution in [-0.2, 0) is 9.53 Å². The van der Waals surface area contributed by atoms with Crippen molar-refractivity contribution in [1.82, 2.24) is 0 Å². The van der Waals surface area contributed by atoms with E-state index < -0.39 is 0 Å². The lowest BCUT2D eigenvalue weighted by molar-refractivity contribution is -0.136. The zero-order valence-corrected chi connectivity index (χ0v) is 7.82. The summed E-state index contributed by atoms with van der Waals surface area (Å²) in [4.78, 5) is 10.7. The highest BCUT2D eigenvalue weighted by atomic mass is 16.5. The van der Waals surface area contributed by atoms with Gasteiger partial charge >= 0.3 is 5.97 Å². The minimum atomic E-state index is -0.368. The Balaban J connectivity index is 2.40. The highest BCUT2D eigenvalue weighted by Crippen LogP contribution is 2.15. The van der Waals surface area contributed by atoms with Crippen LogP contribution < -0.4 is 0 Å². The summed E-state index contributed by atoms with van der Waals surface area (Å²) >= 11 is 0. The Morgan fingerprint density at radius 1 is 1.85 bits per heavy atom. The van der Waals surface area contributed by atoms with E-state index in [2.05, 4.69) is 25.7 Å². The van der Waals surface area contributed by atoms with Gasteiger partial charge in [-0.05, 0) is 17.9 Å². The topological polar surface area (TPSA) is 26.3 Å². The van der Waals surface area contributed by atoms with Gasteiger partial charge in [0.2, 0.25) is 0 Å². The third-order valence-electron chi connectivity index (χ3n) is 1.89. The van der Waals surface area contributed by atoms with E-state index in [1.54, 1.807) is 0 Å². The van der Waals surface area contributed by atoms with Crippen LogP contribution in [0, 0.1) is 5.92 Å². The highest BCUT2D eigenvalue weighted by Gasteiger charge is 2.05. The summed E-state index contributed by atoms with van der Waals surface area (Å²) in [5, 5.41) is 0. The maximum absolute atomic E-state index is 10.7. The minimum Gasteiger partial charge on any atom is -0.458 e. The molecule has 0 bridgehead atoms. The van der Waals surface area contributed by atoms with Crippen molar-refractivity contribution in [1.29, 1.82) is 0 Å². The van der Waals surface area contributed by atoms with Gasteiger partial charge in [0.25, 0.3) is 0 Å². The van der Waals surface area contributed by atoms with Gasteiger partial charge in [-0.15, -0.1) is 0 Å². The summed E-state index contributed by atoms with van der Waals surface area (Å²) < 4.78 is 4.90. The van der Waals surface area contributed by atoms with Crippen molar-refractivity contribution in [2.24, 2.45) is 5.92 Å². The van der Waals surface area contributed by atoms with E-state index in [0.29, 0.717) is 12.5 Å². The van der Waals surface area contributed by atoms with Gasteiger partial charge in [-0.1, -0.05) is 31.7 Å². The summed E-state index contributed by atoms with van der Waals surface area (Å²) in [7, 11) is 0. The molecule has 1 aliphatic rings. The number of allylic oxidation sites excluding steroid dienone is 2. The Hall–Kier alpha value is -1.31. The van der Waals surface area contributed by atoms with Crippen LogP contribution in [0.1, 0.15) is 13.3 Å². The molecule has 13 heavy (non-hydrogen) atoms. The molecule has 0 spiro atoms. The Kier molecular flexibility index (Phi) is 3.50. The van der Waals surface area contributed by atoms with E-state index in [9.17, 15) is 4.79 Å². The zero-order valence-electron chi connectivity index (χ0n) is 7.82. The molecule has 2 heteroatoms. The summed E-state index contributed by atoms with van der Waals surface area (Å²) in [5.74, 6) is 0.176. The van der Waals surface area contributed by atoms with Gasteiger partial charge in [0, 0.05) is 6.08 Å². The number of ether oxygens (including phenoxy) is 1. The van der Waals surface area contributed by atoms with E-state index in [1.807, 2.05) is 6.08 Å². The van der Waals surface area contributed by atoms with Gasteiger partial charge in [-0.3, -0.25) is 0 Å². The molecule has 0 aromatic carbocycles. The van der Waals surface area contributed by atoms with Crippen LogP contribution in [-0.4, -0.2) is 12.6 Å².